The van der Waals surface area contributed by atoms with Crippen LogP contribution in [0.1, 0.15) is 0 Å². The number of hydrogen-bond acceptors (Lipinski definition) is 5. The van der Waals surface area contributed by atoms with E-state index in [2.05, 4.69) is 9.71 Å². The smallest absolute Gasteiger partial charge is 0.497 e. The molecular formula is C12H12N3NaO3S. The Morgan fingerprint density at radius 1 is 1.15 bits per heavy atom. The molecule has 0 saturated heterocycles. The molecule has 2 rings (SSSR count). The predicted octanol–water partition coefficient (Wildman–Crippen LogP) is -0.929. The van der Waals surface area contributed by atoms with E-state index >= 15 is 0 Å². The first-order chi connectivity index (χ1) is 9.01. The fraction of sp³-hybridized carbons (Fsp3) is 0.0833. The summed E-state index contributed by atoms with van der Waals surface area (Å²) < 4.78 is 32.5. The number of methoxy groups -OCH3 is 1. The minimum Gasteiger partial charge on any atom is -0.497 e. The van der Waals surface area contributed by atoms with Crippen molar-refractivity contribution in [1.82, 2.24) is 4.98 Å². The Balaban J connectivity index is 0.00000200. The number of hydrogen-bond donors (Lipinski definition) is 1. The van der Waals surface area contributed by atoms with Crippen LogP contribution >= 0.6 is 0 Å². The van der Waals surface area contributed by atoms with Crippen molar-refractivity contribution in [1.29, 1.82) is 0 Å². The molecule has 0 atom stereocenters. The molecule has 0 bridgehead atoms. The van der Waals surface area contributed by atoms with Gasteiger partial charge in [0.2, 0.25) is 10.0 Å². The Hall–Kier alpha value is -1.28. The van der Waals surface area contributed by atoms with Crippen LogP contribution < -0.4 is 40.0 Å². The molecule has 0 fully saturated rings. The zero-order chi connectivity index (χ0) is 13.9. The van der Waals surface area contributed by atoms with Crippen molar-refractivity contribution in [3.8, 4) is 5.75 Å². The molecule has 1 aromatic carbocycles. The van der Waals surface area contributed by atoms with Crippen LogP contribution in [0.15, 0.2) is 47.5 Å². The van der Waals surface area contributed by atoms with Gasteiger partial charge in [-0.1, -0.05) is 6.07 Å². The first-order valence-electron chi connectivity index (χ1n) is 5.35. The summed E-state index contributed by atoms with van der Waals surface area (Å²) in [5.41, 5.74) is 5.99. The van der Waals surface area contributed by atoms with E-state index in [4.69, 9.17) is 10.5 Å². The molecule has 6 nitrogen and oxygen atoms in total. The summed E-state index contributed by atoms with van der Waals surface area (Å²) >= 11 is 0. The molecule has 0 spiro atoms. The monoisotopic (exact) mass is 301 g/mol. The fourth-order valence-electron chi connectivity index (χ4n) is 1.36. The van der Waals surface area contributed by atoms with Crippen LogP contribution in [0.25, 0.3) is 4.72 Å². The molecule has 0 radical (unpaired) electrons. The number of ether oxygens (including phenoxy) is 1. The SMILES string of the molecule is COc1ccc([N-]S(=O)(=O)c2ccc(N)cc2)nc1.[Na+]. The summed E-state index contributed by atoms with van der Waals surface area (Å²) in [5.74, 6) is 0.626. The molecule has 2 N–H and O–H groups in total. The summed E-state index contributed by atoms with van der Waals surface area (Å²) in [4.78, 5) is 3.95. The number of sulfonamides is 1. The largest absolute Gasteiger partial charge is 1.00 e. The van der Waals surface area contributed by atoms with E-state index in [1.165, 1.54) is 43.6 Å². The third kappa shape index (κ3) is 4.11. The number of nitrogens with two attached hydrogens (primary N) is 1. The zero-order valence-corrected chi connectivity index (χ0v) is 14.0. The minimum atomic E-state index is -3.78. The molecule has 20 heavy (non-hydrogen) atoms. The number of aromatic nitrogens is 1. The normalized spacial score (nSPS) is 10.4. The second kappa shape index (κ2) is 6.94. The first-order valence-corrected chi connectivity index (χ1v) is 6.79. The molecule has 0 aliphatic rings. The van der Waals surface area contributed by atoms with Gasteiger partial charge in [0.15, 0.2) is 0 Å². The molecule has 100 valence electrons. The van der Waals surface area contributed by atoms with E-state index in [0.29, 0.717) is 11.4 Å². The molecule has 1 heterocycles. The minimum absolute atomic E-state index is 0. The van der Waals surface area contributed by atoms with Crippen molar-refractivity contribution >= 4 is 21.5 Å². The molecule has 0 aliphatic carbocycles. The second-order valence-corrected chi connectivity index (χ2v) is 5.30. The van der Waals surface area contributed by atoms with Crippen molar-refractivity contribution < 1.29 is 42.7 Å². The maximum Gasteiger partial charge on any atom is 1.00 e. The molecule has 0 saturated carbocycles. The first kappa shape index (κ1) is 16.8. The van der Waals surface area contributed by atoms with Gasteiger partial charge in [-0.25, -0.2) is 8.42 Å². The fourth-order valence-corrected chi connectivity index (χ4v) is 2.30. The van der Waals surface area contributed by atoms with Gasteiger partial charge in [0.05, 0.1) is 12.0 Å². The van der Waals surface area contributed by atoms with Gasteiger partial charge in [-0.05, 0) is 42.3 Å². The van der Waals surface area contributed by atoms with Gasteiger partial charge in [-0.3, -0.25) is 0 Å². The van der Waals surface area contributed by atoms with Crippen LogP contribution in [0.3, 0.4) is 0 Å². The maximum atomic E-state index is 12.0. The number of anilines is 1. The van der Waals surface area contributed by atoms with Crippen LogP contribution in [0.5, 0.6) is 5.75 Å². The Labute approximate surface area is 139 Å². The van der Waals surface area contributed by atoms with Crippen LogP contribution in [0, 0.1) is 0 Å². The van der Waals surface area contributed by atoms with Crippen molar-refractivity contribution in [3.05, 3.63) is 47.3 Å². The van der Waals surface area contributed by atoms with Crippen LogP contribution in [0.4, 0.5) is 11.5 Å². The maximum absolute atomic E-state index is 12.0. The van der Waals surface area contributed by atoms with Gasteiger partial charge in [0.1, 0.15) is 5.75 Å². The zero-order valence-electron chi connectivity index (χ0n) is 11.1. The van der Waals surface area contributed by atoms with E-state index in [1.54, 1.807) is 6.07 Å². The van der Waals surface area contributed by atoms with Gasteiger partial charge >= 0.3 is 29.6 Å². The molecular weight excluding hydrogens is 289 g/mol. The van der Waals surface area contributed by atoms with Gasteiger partial charge < -0.3 is 20.2 Å². The van der Waals surface area contributed by atoms with Gasteiger partial charge in [-0.15, -0.1) is 0 Å². The number of rotatable bonds is 4. The topological polar surface area (TPSA) is 96.4 Å². The molecule has 1 aromatic heterocycles. The standard InChI is InChI=1S/C12H12N3O3S.Na/c1-18-10-4-7-12(14-8-10)15-19(16,17)11-5-2-9(13)3-6-11;/h2-8H,13H2,1H3;/q-1;+1. The Kier molecular flexibility index (Phi) is 5.82. The van der Waals surface area contributed by atoms with Crippen molar-refractivity contribution in [2.45, 2.75) is 4.90 Å². The predicted molar refractivity (Wildman–Crippen MR) is 71.8 cm³/mol. The van der Waals surface area contributed by atoms with Gasteiger partial charge in [0, 0.05) is 5.69 Å². The van der Waals surface area contributed by atoms with Crippen molar-refractivity contribution in [2.24, 2.45) is 0 Å². The van der Waals surface area contributed by atoms with E-state index in [0.717, 1.165) is 0 Å². The summed E-state index contributed by atoms with van der Waals surface area (Å²) in [6.45, 7) is 0. The number of pyridine rings is 1. The average molecular weight is 301 g/mol. The summed E-state index contributed by atoms with van der Waals surface area (Å²) in [5, 5.41) is 0. The van der Waals surface area contributed by atoms with Crippen molar-refractivity contribution in [2.75, 3.05) is 12.8 Å². The van der Waals surface area contributed by atoms with Crippen LogP contribution in [-0.4, -0.2) is 20.5 Å². The van der Waals surface area contributed by atoms with E-state index < -0.39 is 10.0 Å². The Morgan fingerprint density at radius 2 is 1.80 bits per heavy atom. The second-order valence-electron chi connectivity index (χ2n) is 3.69. The number of nitrogens with zero attached hydrogens (tertiary/aromatic N) is 2. The van der Waals surface area contributed by atoms with Crippen LogP contribution in [-0.2, 0) is 10.0 Å². The molecule has 2 aromatic rings. The van der Waals surface area contributed by atoms with Gasteiger partial charge in [0.25, 0.3) is 0 Å². The summed E-state index contributed by atoms with van der Waals surface area (Å²) in [7, 11) is -2.28. The molecule has 0 amide bonds. The van der Waals surface area contributed by atoms with Crippen LogP contribution in [0.2, 0.25) is 0 Å². The van der Waals surface area contributed by atoms with Gasteiger partial charge in [-0.2, -0.15) is 0 Å². The van der Waals surface area contributed by atoms with Crippen molar-refractivity contribution in [3.63, 3.8) is 0 Å². The summed E-state index contributed by atoms with van der Waals surface area (Å²) in [6.07, 6.45) is 1.40. The van der Waals surface area contributed by atoms with E-state index in [1.807, 2.05) is 0 Å². The Morgan fingerprint density at radius 3 is 2.30 bits per heavy atom. The summed E-state index contributed by atoms with van der Waals surface area (Å²) in [6, 6.07) is 8.86. The number of nitrogen functional groups attached to an aromatic ring is 1. The van der Waals surface area contributed by atoms with E-state index in [9.17, 15) is 8.42 Å². The molecule has 0 aliphatic heterocycles. The third-order valence-corrected chi connectivity index (χ3v) is 3.64. The number of benzene rings is 1. The molecule has 8 heteroatoms. The quantitative estimate of drug-likeness (QED) is 0.581. The Bertz CT molecular complexity index is 657. The van der Waals surface area contributed by atoms with E-state index in [-0.39, 0.29) is 40.3 Å². The third-order valence-electron chi connectivity index (χ3n) is 2.35. The molecule has 0 unspecified atom stereocenters. The average Bonchev–Trinajstić information content (AvgIpc) is 2.40.